The number of hydrogen-bond donors (Lipinski definition) is 2. The van der Waals surface area contributed by atoms with E-state index in [1.54, 1.807) is 17.7 Å². The summed E-state index contributed by atoms with van der Waals surface area (Å²) in [6, 6.07) is 8.35. The number of halogens is 3. The smallest absolute Gasteiger partial charge is 0.395 e. The van der Waals surface area contributed by atoms with E-state index in [0.717, 1.165) is 12.1 Å². The zero-order valence-corrected chi connectivity index (χ0v) is 17.2. The second-order valence-corrected chi connectivity index (χ2v) is 8.86. The average Bonchev–Trinajstić information content (AvgIpc) is 3.24. The maximum Gasteiger partial charge on any atom is 0.416 e. The molecule has 0 fully saturated rings. The van der Waals surface area contributed by atoms with Crippen LogP contribution in [0.2, 0.25) is 0 Å². The highest BCUT2D eigenvalue weighted by molar-refractivity contribution is 7.89. The van der Waals surface area contributed by atoms with Crippen molar-refractivity contribution in [2.45, 2.75) is 24.0 Å². The van der Waals surface area contributed by atoms with Gasteiger partial charge in [-0.05, 0) is 49.4 Å². The van der Waals surface area contributed by atoms with Crippen molar-refractivity contribution in [3.8, 4) is 5.69 Å². The number of nitrogens with one attached hydrogen (secondary N) is 1. The maximum atomic E-state index is 12.9. The molecule has 4 aromatic rings. The zero-order valence-electron chi connectivity index (χ0n) is 16.4. The second-order valence-electron chi connectivity index (χ2n) is 7.15. The van der Waals surface area contributed by atoms with Crippen molar-refractivity contribution in [3.63, 3.8) is 0 Å². The molecule has 0 amide bonds. The molecule has 8 nitrogen and oxygen atoms in total. The van der Waals surface area contributed by atoms with E-state index in [9.17, 15) is 21.6 Å². The Hall–Kier alpha value is -2.96. The first-order chi connectivity index (χ1) is 14.5. The molecule has 0 bridgehead atoms. The molecule has 0 radical (unpaired) electrons. The number of aryl methyl sites for hydroxylation is 1. The van der Waals surface area contributed by atoms with Gasteiger partial charge in [0.1, 0.15) is 5.52 Å². The number of aliphatic hydroxyl groups is 1. The summed E-state index contributed by atoms with van der Waals surface area (Å²) in [6.45, 7) is 1.16. The normalized spacial score (nSPS) is 13.9. The van der Waals surface area contributed by atoms with Gasteiger partial charge < -0.3 is 5.11 Å². The molecule has 4 rings (SSSR count). The van der Waals surface area contributed by atoms with Crippen LogP contribution in [0.4, 0.5) is 13.2 Å². The maximum absolute atomic E-state index is 12.9. The third-order valence-electron chi connectivity index (χ3n) is 4.87. The molecule has 0 aliphatic carbocycles. The molecular weight excluding hydrogens is 435 g/mol. The monoisotopic (exact) mass is 453 g/mol. The van der Waals surface area contributed by atoms with Crippen LogP contribution >= 0.6 is 0 Å². The van der Waals surface area contributed by atoms with Gasteiger partial charge in [0.15, 0.2) is 5.65 Å². The predicted molar refractivity (Wildman–Crippen MR) is 107 cm³/mol. The van der Waals surface area contributed by atoms with Crippen LogP contribution in [0, 0.1) is 0 Å². The molecule has 164 valence electrons. The van der Waals surface area contributed by atoms with Crippen molar-refractivity contribution in [2.24, 2.45) is 7.05 Å². The molecular formula is C19H18F3N5O3S. The lowest BCUT2D eigenvalue weighted by Gasteiger charge is -2.12. The Balaban J connectivity index is 1.92. The van der Waals surface area contributed by atoms with Crippen LogP contribution in [0.1, 0.15) is 12.5 Å². The van der Waals surface area contributed by atoms with Gasteiger partial charge in [0, 0.05) is 24.2 Å². The van der Waals surface area contributed by atoms with Crippen LogP contribution in [0.15, 0.2) is 47.4 Å². The standard InChI is InChI=1S/C19H18F3N5O3S/c1-11(10-28)24-31(29,30)14-7-8-16-15(9-14)17-18(26(2)25-23-17)27(16)13-5-3-12(4-6-13)19(20,21)22/h3-9,11,24,28H,10H2,1-2H3. The summed E-state index contributed by atoms with van der Waals surface area (Å²) < 4.78 is 69.6. The van der Waals surface area contributed by atoms with Crippen LogP contribution in [0.25, 0.3) is 27.8 Å². The average molecular weight is 453 g/mol. The molecule has 0 spiro atoms. The number of sulfonamides is 1. The molecule has 31 heavy (non-hydrogen) atoms. The van der Waals surface area contributed by atoms with Gasteiger partial charge in [0.05, 0.1) is 22.6 Å². The SMILES string of the molecule is CC(CO)NS(=O)(=O)c1ccc2c(c1)c1nnn(C)c1n2-c1ccc(C(F)(F)F)cc1. The molecule has 1 atom stereocenters. The lowest BCUT2D eigenvalue weighted by atomic mass is 10.2. The Labute approximate surface area is 174 Å². The lowest BCUT2D eigenvalue weighted by Crippen LogP contribution is -2.34. The van der Waals surface area contributed by atoms with Gasteiger partial charge in [0.2, 0.25) is 10.0 Å². The number of benzene rings is 2. The number of aliphatic hydroxyl groups excluding tert-OH is 1. The van der Waals surface area contributed by atoms with Crippen molar-refractivity contribution < 1.29 is 26.7 Å². The second kappa shape index (κ2) is 7.32. The van der Waals surface area contributed by atoms with E-state index >= 15 is 0 Å². The fourth-order valence-corrected chi connectivity index (χ4v) is 4.65. The molecule has 1 unspecified atom stereocenters. The van der Waals surface area contributed by atoms with E-state index in [1.807, 2.05) is 0 Å². The first-order valence-corrected chi connectivity index (χ1v) is 10.7. The summed E-state index contributed by atoms with van der Waals surface area (Å²) >= 11 is 0. The van der Waals surface area contributed by atoms with E-state index in [1.165, 1.54) is 35.9 Å². The number of rotatable bonds is 5. The van der Waals surface area contributed by atoms with E-state index in [4.69, 9.17) is 5.11 Å². The molecule has 2 aromatic carbocycles. The van der Waals surface area contributed by atoms with Gasteiger partial charge in [-0.1, -0.05) is 5.21 Å². The van der Waals surface area contributed by atoms with Crippen molar-refractivity contribution in [3.05, 3.63) is 48.0 Å². The van der Waals surface area contributed by atoms with Crippen molar-refractivity contribution in [1.82, 2.24) is 24.3 Å². The molecule has 2 N–H and O–H groups in total. The van der Waals surface area contributed by atoms with Crippen LogP contribution in [-0.4, -0.2) is 45.7 Å². The first kappa shape index (κ1) is 21.3. The predicted octanol–water partition coefficient (Wildman–Crippen LogP) is 2.59. The minimum absolute atomic E-state index is 0.0302. The Morgan fingerprint density at radius 3 is 2.45 bits per heavy atom. The van der Waals surface area contributed by atoms with Gasteiger partial charge in [0.25, 0.3) is 0 Å². The largest absolute Gasteiger partial charge is 0.416 e. The fourth-order valence-electron chi connectivity index (χ4n) is 3.39. The number of nitrogens with zero attached hydrogens (tertiary/aromatic N) is 4. The van der Waals surface area contributed by atoms with Gasteiger partial charge in [-0.2, -0.15) is 13.2 Å². The van der Waals surface area contributed by atoms with E-state index < -0.39 is 27.8 Å². The highest BCUT2D eigenvalue weighted by atomic mass is 32.2. The highest BCUT2D eigenvalue weighted by Crippen LogP contribution is 2.34. The Kier molecular flexibility index (Phi) is 5.03. The molecule has 2 heterocycles. The summed E-state index contributed by atoms with van der Waals surface area (Å²) in [5.41, 5.74) is 1.14. The number of aromatic nitrogens is 4. The lowest BCUT2D eigenvalue weighted by molar-refractivity contribution is -0.137. The first-order valence-electron chi connectivity index (χ1n) is 9.17. The minimum Gasteiger partial charge on any atom is -0.395 e. The quantitative estimate of drug-likeness (QED) is 0.484. The highest BCUT2D eigenvalue weighted by Gasteiger charge is 2.30. The van der Waals surface area contributed by atoms with Crippen LogP contribution in [-0.2, 0) is 23.2 Å². The Morgan fingerprint density at radius 1 is 1.16 bits per heavy atom. The number of fused-ring (bicyclic) bond motifs is 3. The number of alkyl halides is 3. The molecule has 2 aromatic heterocycles. The van der Waals surface area contributed by atoms with Crippen LogP contribution < -0.4 is 4.72 Å². The zero-order chi connectivity index (χ0) is 22.6. The summed E-state index contributed by atoms with van der Waals surface area (Å²) in [7, 11) is -2.27. The van der Waals surface area contributed by atoms with E-state index in [-0.39, 0.29) is 11.5 Å². The third-order valence-corrected chi connectivity index (χ3v) is 6.45. The molecule has 0 saturated heterocycles. The van der Waals surface area contributed by atoms with E-state index in [2.05, 4.69) is 15.0 Å². The summed E-state index contributed by atoms with van der Waals surface area (Å²) in [5, 5.41) is 17.7. The van der Waals surface area contributed by atoms with Crippen molar-refractivity contribution >= 4 is 32.1 Å². The van der Waals surface area contributed by atoms with Crippen LogP contribution in [0.5, 0.6) is 0 Å². The summed E-state index contributed by atoms with van der Waals surface area (Å²) in [6.07, 6.45) is -4.46. The van der Waals surface area contributed by atoms with Gasteiger partial charge in [-0.25, -0.2) is 17.8 Å². The Morgan fingerprint density at radius 2 is 1.84 bits per heavy atom. The topological polar surface area (TPSA) is 102 Å². The van der Waals surface area contributed by atoms with Gasteiger partial charge in [-0.3, -0.25) is 4.57 Å². The third kappa shape index (κ3) is 3.66. The summed E-state index contributed by atoms with van der Waals surface area (Å²) in [5.74, 6) is 0. The van der Waals surface area contributed by atoms with Crippen molar-refractivity contribution in [1.29, 1.82) is 0 Å². The Bertz CT molecular complexity index is 1380. The minimum atomic E-state index is -4.46. The fraction of sp³-hybridized carbons (Fsp3) is 0.263. The van der Waals surface area contributed by atoms with Crippen LogP contribution in [0.3, 0.4) is 0 Å². The molecule has 12 heteroatoms. The number of hydrogen-bond acceptors (Lipinski definition) is 5. The van der Waals surface area contributed by atoms with E-state index in [0.29, 0.717) is 27.8 Å². The molecule has 0 aliphatic heterocycles. The van der Waals surface area contributed by atoms with Gasteiger partial charge in [-0.15, -0.1) is 5.10 Å². The van der Waals surface area contributed by atoms with Crippen molar-refractivity contribution in [2.75, 3.05) is 6.61 Å². The molecule has 0 aliphatic rings. The molecule has 0 saturated carbocycles. The van der Waals surface area contributed by atoms with Gasteiger partial charge >= 0.3 is 6.18 Å². The summed E-state index contributed by atoms with van der Waals surface area (Å²) in [4.78, 5) is -0.0302.